The first-order valence-corrected chi connectivity index (χ1v) is 4.04. The molecule has 0 bridgehead atoms. The summed E-state index contributed by atoms with van der Waals surface area (Å²) in [4.78, 5) is 8.91. The molecule has 0 aliphatic carbocycles. The van der Waals surface area contributed by atoms with E-state index in [1.54, 1.807) is 24.7 Å². The minimum atomic E-state index is -0.0573. The largest absolute Gasteiger partial charge is 0.389 e. The van der Waals surface area contributed by atoms with Crippen molar-refractivity contribution in [2.24, 2.45) is 5.16 Å². The molecular formula is C10H12N2O. The van der Waals surface area contributed by atoms with E-state index in [0.717, 1.165) is 5.56 Å². The minimum absolute atomic E-state index is 0.0573. The van der Waals surface area contributed by atoms with Crippen LogP contribution in [0.2, 0.25) is 0 Å². The van der Waals surface area contributed by atoms with Crippen LogP contribution < -0.4 is 0 Å². The Balaban J connectivity index is 2.45. The van der Waals surface area contributed by atoms with Crippen molar-refractivity contribution < 1.29 is 4.84 Å². The van der Waals surface area contributed by atoms with Crippen molar-refractivity contribution in [3.63, 3.8) is 0 Å². The molecule has 1 aromatic rings. The van der Waals surface area contributed by atoms with Gasteiger partial charge in [-0.25, -0.2) is 0 Å². The molecule has 0 aliphatic heterocycles. The normalized spacial score (nSPS) is 12.7. The van der Waals surface area contributed by atoms with Crippen LogP contribution in [-0.2, 0) is 4.84 Å². The lowest BCUT2D eigenvalue weighted by Crippen LogP contribution is -1.98. The number of hydrogen-bond acceptors (Lipinski definition) is 3. The first-order valence-electron chi connectivity index (χ1n) is 4.04. The third-order valence-corrected chi connectivity index (χ3v) is 1.47. The molecule has 0 aliphatic rings. The molecule has 1 heterocycles. The van der Waals surface area contributed by atoms with Crippen molar-refractivity contribution in [1.82, 2.24) is 4.98 Å². The van der Waals surface area contributed by atoms with Gasteiger partial charge in [0.15, 0.2) is 0 Å². The Morgan fingerprint density at radius 1 is 1.54 bits per heavy atom. The van der Waals surface area contributed by atoms with E-state index in [0.29, 0.717) is 0 Å². The van der Waals surface area contributed by atoms with Gasteiger partial charge in [-0.1, -0.05) is 11.7 Å². The molecule has 0 radical (unpaired) electrons. The van der Waals surface area contributed by atoms with E-state index in [4.69, 9.17) is 4.84 Å². The number of rotatable bonds is 4. The Kier molecular flexibility index (Phi) is 3.70. The van der Waals surface area contributed by atoms with Crippen molar-refractivity contribution in [3.8, 4) is 0 Å². The third-order valence-electron chi connectivity index (χ3n) is 1.47. The van der Waals surface area contributed by atoms with Gasteiger partial charge in [0, 0.05) is 12.4 Å². The first-order chi connectivity index (χ1) is 6.33. The highest BCUT2D eigenvalue weighted by atomic mass is 16.6. The Labute approximate surface area is 77.7 Å². The molecule has 3 heteroatoms. The lowest BCUT2D eigenvalue weighted by molar-refractivity contribution is 0.107. The average Bonchev–Trinajstić information content (AvgIpc) is 2.19. The second-order valence-corrected chi connectivity index (χ2v) is 2.56. The van der Waals surface area contributed by atoms with E-state index in [9.17, 15) is 0 Å². The summed E-state index contributed by atoms with van der Waals surface area (Å²) in [6, 6.07) is 3.71. The average molecular weight is 176 g/mol. The molecule has 13 heavy (non-hydrogen) atoms. The van der Waals surface area contributed by atoms with Gasteiger partial charge >= 0.3 is 0 Å². The fourth-order valence-corrected chi connectivity index (χ4v) is 0.680. The summed E-state index contributed by atoms with van der Waals surface area (Å²) in [6.07, 6.45) is 6.68. The van der Waals surface area contributed by atoms with Gasteiger partial charge in [-0.3, -0.25) is 4.98 Å². The molecule has 0 fully saturated rings. The van der Waals surface area contributed by atoms with Crippen LogP contribution in [0, 0.1) is 0 Å². The lowest BCUT2D eigenvalue weighted by atomic mass is 10.3. The van der Waals surface area contributed by atoms with Gasteiger partial charge < -0.3 is 4.84 Å². The maximum atomic E-state index is 5.03. The van der Waals surface area contributed by atoms with E-state index >= 15 is 0 Å². The molecule has 0 amide bonds. The maximum absolute atomic E-state index is 5.03. The summed E-state index contributed by atoms with van der Waals surface area (Å²) in [7, 11) is 0. The van der Waals surface area contributed by atoms with Crippen molar-refractivity contribution in [2.75, 3.05) is 0 Å². The van der Waals surface area contributed by atoms with Gasteiger partial charge in [0.1, 0.15) is 6.10 Å². The fourth-order valence-electron chi connectivity index (χ4n) is 0.680. The quantitative estimate of drug-likeness (QED) is 0.399. The van der Waals surface area contributed by atoms with Crippen LogP contribution >= 0.6 is 0 Å². The Morgan fingerprint density at radius 2 is 2.23 bits per heavy atom. The molecule has 0 saturated carbocycles. The Bertz CT molecular complexity index is 282. The zero-order valence-electron chi connectivity index (χ0n) is 7.55. The van der Waals surface area contributed by atoms with Gasteiger partial charge in [0.05, 0.1) is 6.21 Å². The Hall–Kier alpha value is -1.64. The van der Waals surface area contributed by atoms with Gasteiger partial charge in [0.25, 0.3) is 0 Å². The summed E-state index contributed by atoms with van der Waals surface area (Å²) in [5.74, 6) is 0. The molecular weight excluding hydrogens is 164 g/mol. The van der Waals surface area contributed by atoms with Crippen molar-refractivity contribution in [2.45, 2.75) is 13.0 Å². The first kappa shape index (κ1) is 9.45. The second-order valence-electron chi connectivity index (χ2n) is 2.56. The van der Waals surface area contributed by atoms with Gasteiger partial charge in [-0.05, 0) is 30.7 Å². The highest BCUT2D eigenvalue weighted by Gasteiger charge is 1.91. The van der Waals surface area contributed by atoms with E-state index in [1.807, 2.05) is 19.1 Å². The van der Waals surface area contributed by atoms with Gasteiger partial charge in [-0.15, -0.1) is 0 Å². The van der Waals surface area contributed by atoms with E-state index in [1.165, 1.54) is 0 Å². The predicted octanol–water partition coefficient (Wildman–Crippen LogP) is 2.01. The van der Waals surface area contributed by atoms with Crippen LogP contribution in [0.4, 0.5) is 0 Å². The topological polar surface area (TPSA) is 34.5 Å². The van der Waals surface area contributed by atoms with Crippen LogP contribution in [0.15, 0.2) is 42.3 Å². The van der Waals surface area contributed by atoms with Crippen LogP contribution in [0.3, 0.4) is 0 Å². The van der Waals surface area contributed by atoms with Crippen LogP contribution in [0.1, 0.15) is 12.5 Å². The summed E-state index contributed by atoms with van der Waals surface area (Å²) >= 11 is 0. The van der Waals surface area contributed by atoms with Crippen molar-refractivity contribution in [3.05, 3.63) is 42.7 Å². The maximum Gasteiger partial charge on any atom is 0.142 e. The smallest absolute Gasteiger partial charge is 0.142 e. The number of nitrogens with zero attached hydrogens (tertiary/aromatic N) is 2. The van der Waals surface area contributed by atoms with E-state index in [-0.39, 0.29) is 6.10 Å². The van der Waals surface area contributed by atoms with E-state index < -0.39 is 0 Å². The molecule has 0 spiro atoms. The molecule has 68 valence electrons. The molecule has 1 rings (SSSR count). The van der Waals surface area contributed by atoms with E-state index in [2.05, 4.69) is 16.7 Å². The lowest BCUT2D eigenvalue weighted by Gasteiger charge is -2.01. The molecule has 0 N–H and O–H groups in total. The SMILES string of the molecule is C=CC(C)O/N=C\c1ccncc1. The summed E-state index contributed by atoms with van der Waals surface area (Å²) < 4.78 is 0. The van der Waals surface area contributed by atoms with Crippen LogP contribution in [0.25, 0.3) is 0 Å². The van der Waals surface area contributed by atoms with Gasteiger partial charge in [-0.2, -0.15) is 0 Å². The molecule has 1 aromatic heterocycles. The fraction of sp³-hybridized carbons (Fsp3) is 0.200. The summed E-state index contributed by atoms with van der Waals surface area (Å²) in [5.41, 5.74) is 0.964. The predicted molar refractivity (Wildman–Crippen MR) is 52.6 cm³/mol. The van der Waals surface area contributed by atoms with Crippen LogP contribution in [-0.4, -0.2) is 17.3 Å². The number of aromatic nitrogens is 1. The molecule has 1 unspecified atom stereocenters. The summed E-state index contributed by atoms with van der Waals surface area (Å²) in [5, 5.41) is 3.79. The summed E-state index contributed by atoms with van der Waals surface area (Å²) in [6.45, 7) is 5.45. The number of pyridine rings is 1. The molecule has 3 nitrogen and oxygen atoms in total. The third kappa shape index (κ3) is 3.51. The highest BCUT2D eigenvalue weighted by molar-refractivity contribution is 5.78. The molecule has 0 saturated heterocycles. The standard InChI is InChI=1S/C10H12N2O/c1-3-9(2)13-12-8-10-4-6-11-7-5-10/h3-9H,1H2,2H3/b12-8-. The molecule has 1 atom stereocenters. The number of oxime groups is 1. The monoisotopic (exact) mass is 176 g/mol. The minimum Gasteiger partial charge on any atom is -0.389 e. The highest BCUT2D eigenvalue weighted by Crippen LogP contribution is 1.94. The zero-order valence-corrected chi connectivity index (χ0v) is 7.55. The molecule has 0 aromatic carbocycles. The Morgan fingerprint density at radius 3 is 2.85 bits per heavy atom. The number of hydrogen-bond donors (Lipinski definition) is 0. The van der Waals surface area contributed by atoms with Crippen molar-refractivity contribution >= 4 is 6.21 Å². The van der Waals surface area contributed by atoms with Crippen molar-refractivity contribution in [1.29, 1.82) is 0 Å². The van der Waals surface area contributed by atoms with Crippen LogP contribution in [0.5, 0.6) is 0 Å². The second kappa shape index (κ2) is 5.09. The zero-order chi connectivity index (χ0) is 9.52. The van der Waals surface area contributed by atoms with Gasteiger partial charge in [0.2, 0.25) is 0 Å².